The lowest BCUT2D eigenvalue weighted by molar-refractivity contribution is -0.129. The highest BCUT2D eigenvalue weighted by Gasteiger charge is 2.50. The standard InChI is InChI=1S/C26H21FO7/c27-21-22(33-24(29)18-12-6-2-7-13-18)20(16-31-23(28)17-10-4-1-5-11-17)32-26(21)34-25(30)19-14-8-3-9-15-19/h1-15,20-22,26H,16H2/t20-,21-,22?,26+/m1/s1. The van der Waals surface area contributed by atoms with E-state index in [1.165, 1.54) is 24.3 Å². The van der Waals surface area contributed by atoms with Crippen LogP contribution in [0.3, 0.4) is 0 Å². The van der Waals surface area contributed by atoms with Crippen LogP contribution in [0.4, 0.5) is 4.39 Å². The molecule has 7 nitrogen and oxygen atoms in total. The number of hydrogen-bond donors (Lipinski definition) is 0. The molecule has 1 aliphatic rings. The van der Waals surface area contributed by atoms with E-state index in [0.29, 0.717) is 5.56 Å². The Hall–Kier alpha value is -4.04. The molecule has 0 spiro atoms. The highest BCUT2D eigenvalue weighted by Crippen LogP contribution is 2.29. The van der Waals surface area contributed by atoms with Crippen LogP contribution in [0.25, 0.3) is 0 Å². The molecule has 0 radical (unpaired) electrons. The third kappa shape index (κ3) is 5.47. The molecule has 0 bridgehead atoms. The number of carbonyl (C=O) groups excluding carboxylic acids is 3. The Balaban J connectivity index is 1.47. The molecule has 3 aromatic carbocycles. The summed E-state index contributed by atoms with van der Waals surface area (Å²) in [5.41, 5.74) is 0.705. The van der Waals surface area contributed by atoms with Crippen molar-refractivity contribution in [2.75, 3.05) is 6.61 Å². The van der Waals surface area contributed by atoms with Crippen molar-refractivity contribution >= 4 is 17.9 Å². The normalized spacial score (nSPS) is 21.4. The van der Waals surface area contributed by atoms with Crippen molar-refractivity contribution in [1.82, 2.24) is 0 Å². The summed E-state index contributed by atoms with van der Waals surface area (Å²) in [4.78, 5) is 37.2. The lowest BCUT2D eigenvalue weighted by Crippen LogP contribution is -2.37. The molecular formula is C26H21FO7. The smallest absolute Gasteiger partial charge is 0.340 e. The number of alkyl halides is 1. The van der Waals surface area contributed by atoms with Gasteiger partial charge in [-0.15, -0.1) is 0 Å². The van der Waals surface area contributed by atoms with Crippen molar-refractivity contribution in [3.05, 3.63) is 108 Å². The van der Waals surface area contributed by atoms with Crippen LogP contribution >= 0.6 is 0 Å². The number of rotatable bonds is 7. The van der Waals surface area contributed by atoms with Gasteiger partial charge in [0, 0.05) is 0 Å². The summed E-state index contributed by atoms with van der Waals surface area (Å²) in [5.74, 6) is -2.24. The minimum atomic E-state index is -2.00. The summed E-state index contributed by atoms with van der Waals surface area (Å²) < 4.78 is 36.6. The van der Waals surface area contributed by atoms with E-state index in [9.17, 15) is 14.4 Å². The van der Waals surface area contributed by atoms with Crippen molar-refractivity contribution in [3.8, 4) is 0 Å². The van der Waals surface area contributed by atoms with Crippen LogP contribution in [0.1, 0.15) is 31.1 Å². The molecule has 1 unspecified atom stereocenters. The minimum absolute atomic E-state index is 0.204. The van der Waals surface area contributed by atoms with E-state index < -0.39 is 49.2 Å². The van der Waals surface area contributed by atoms with Crippen molar-refractivity contribution in [3.63, 3.8) is 0 Å². The molecule has 0 saturated carbocycles. The average Bonchev–Trinajstić information content (AvgIpc) is 3.17. The first-order valence-corrected chi connectivity index (χ1v) is 10.6. The summed E-state index contributed by atoms with van der Waals surface area (Å²) in [6.07, 6.45) is -6.31. The predicted octanol–water partition coefficient (Wildman–Crippen LogP) is 3.99. The molecular weight excluding hydrogens is 443 g/mol. The summed E-state index contributed by atoms with van der Waals surface area (Å²) in [6, 6.07) is 24.2. The molecule has 1 heterocycles. The lowest BCUT2D eigenvalue weighted by atomic mass is 10.1. The Morgan fingerprint density at radius 3 is 1.62 bits per heavy atom. The van der Waals surface area contributed by atoms with E-state index in [-0.39, 0.29) is 11.1 Å². The molecule has 0 N–H and O–H groups in total. The van der Waals surface area contributed by atoms with Gasteiger partial charge in [0.25, 0.3) is 0 Å². The first kappa shape index (κ1) is 23.1. The van der Waals surface area contributed by atoms with Gasteiger partial charge in [-0.3, -0.25) is 0 Å². The van der Waals surface area contributed by atoms with E-state index in [0.717, 1.165) is 0 Å². The van der Waals surface area contributed by atoms with Crippen molar-refractivity contribution in [1.29, 1.82) is 0 Å². The maximum atomic E-state index is 15.3. The maximum absolute atomic E-state index is 15.3. The second kappa shape index (κ2) is 10.7. The summed E-state index contributed by atoms with van der Waals surface area (Å²) in [6.45, 7) is -0.416. The predicted molar refractivity (Wildman–Crippen MR) is 118 cm³/mol. The quantitative estimate of drug-likeness (QED) is 0.386. The monoisotopic (exact) mass is 464 g/mol. The second-order valence-electron chi connectivity index (χ2n) is 7.46. The Morgan fingerprint density at radius 2 is 1.12 bits per heavy atom. The summed E-state index contributed by atoms with van der Waals surface area (Å²) in [7, 11) is 0. The van der Waals surface area contributed by atoms with E-state index in [2.05, 4.69) is 0 Å². The summed E-state index contributed by atoms with van der Waals surface area (Å²) >= 11 is 0. The van der Waals surface area contributed by atoms with Gasteiger partial charge < -0.3 is 18.9 Å². The molecule has 8 heteroatoms. The fraction of sp³-hybridized carbons (Fsp3) is 0.192. The highest BCUT2D eigenvalue weighted by atomic mass is 19.1. The summed E-state index contributed by atoms with van der Waals surface area (Å²) in [5, 5.41) is 0. The average molecular weight is 464 g/mol. The molecule has 0 aliphatic carbocycles. The lowest BCUT2D eigenvalue weighted by Gasteiger charge is -2.19. The van der Waals surface area contributed by atoms with Crippen LogP contribution in [-0.4, -0.2) is 49.2 Å². The van der Waals surface area contributed by atoms with Gasteiger partial charge in [0.15, 0.2) is 6.10 Å². The Labute approximate surface area is 195 Å². The minimum Gasteiger partial charge on any atom is -0.459 e. The second-order valence-corrected chi connectivity index (χ2v) is 7.46. The van der Waals surface area contributed by atoms with E-state index >= 15 is 4.39 Å². The molecule has 3 aromatic rings. The van der Waals surface area contributed by atoms with Gasteiger partial charge in [0.2, 0.25) is 12.5 Å². The fourth-order valence-electron chi connectivity index (χ4n) is 3.38. The number of esters is 3. The molecule has 1 aliphatic heterocycles. The largest absolute Gasteiger partial charge is 0.459 e. The zero-order valence-electron chi connectivity index (χ0n) is 17.9. The van der Waals surface area contributed by atoms with Crippen LogP contribution in [-0.2, 0) is 18.9 Å². The van der Waals surface area contributed by atoms with Crippen LogP contribution in [0.2, 0.25) is 0 Å². The van der Waals surface area contributed by atoms with Gasteiger partial charge in [-0.05, 0) is 36.4 Å². The molecule has 4 rings (SSSR count). The molecule has 1 saturated heterocycles. The molecule has 0 aromatic heterocycles. The van der Waals surface area contributed by atoms with E-state index in [1.807, 2.05) is 0 Å². The zero-order chi connectivity index (χ0) is 23.9. The number of benzene rings is 3. The number of hydrogen-bond acceptors (Lipinski definition) is 7. The maximum Gasteiger partial charge on any atom is 0.340 e. The van der Waals surface area contributed by atoms with Crippen LogP contribution in [0, 0.1) is 0 Å². The fourth-order valence-corrected chi connectivity index (χ4v) is 3.38. The molecule has 0 amide bonds. The van der Waals surface area contributed by atoms with Crippen molar-refractivity contribution < 1.29 is 37.7 Å². The van der Waals surface area contributed by atoms with Crippen molar-refractivity contribution in [2.45, 2.75) is 24.7 Å². The van der Waals surface area contributed by atoms with E-state index in [4.69, 9.17) is 18.9 Å². The molecule has 4 atom stereocenters. The molecule has 34 heavy (non-hydrogen) atoms. The van der Waals surface area contributed by atoms with Crippen LogP contribution < -0.4 is 0 Å². The zero-order valence-corrected chi connectivity index (χ0v) is 17.9. The van der Waals surface area contributed by atoms with Gasteiger partial charge >= 0.3 is 17.9 Å². The molecule has 1 fully saturated rings. The number of carbonyl (C=O) groups is 3. The van der Waals surface area contributed by atoms with E-state index in [1.54, 1.807) is 66.7 Å². The third-order valence-corrected chi connectivity index (χ3v) is 5.12. The SMILES string of the molecule is O=C(OC[C@H]1O[C@@H](OC(=O)c2ccccc2)[C@H](F)C1OC(=O)c1ccccc1)c1ccccc1. The van der Waals surface area contributed by atoms with Crippen LogP contribution in [0.5, 0.6) is 0 Å². The van der Waals surface area contributed by atoms with Gasteiger partial charge in [0.1, 0.15) is 12.7 Å². The van der Waals surface area contributed by atoms with Crippen LogP contribution in [0.15, 0.2) is 91.0 Å². The Bertz CT molecular complexity index is 1120. The number of halogens is 1. The Kier molecular flexibility index (Phi) is 7.29. The number of ether oxygens (including phenoxy) is 4. The molecule has 174 valence electrons. The van der Waals surface area contributed by atoms with Crippen molar-refractivity contribution in [2.24, 2.45) is 0 Å². The first-order valence-electron chi connectivity index (χ1n) is 10.6. The topological polar surface area (TPSA) is 88.1 Å². The van der Waals surface area contributed by atoms with Gasteiger partial charge in [-0.2, -0.15) is 0 Å². The third-order valence-electron chi connectivity index (χ3n) is 5.12. The van der Waals surface area contributed by atoms with Gasteiger partial charge in [-0.1, -0.05) is 54.6 Å². The van der Waals surface area contributed by atoms with Gasteiger partial charge in [0.05, 0.1) is 16.7 Å². The highest BCUT2D eigenvalue weighted by molar-refractivity contribution is 5.90. The first-order chi connectivity index (χ1) is 16.5. The van der Waals surface area contributed by atoms with Gasteiger partial charge in [-0.25, -0.2) is 18.8 Å². The Morgan fingerprint density at radius 1 is 0.676 bits per heavy atom.